The van der Waals surface area contributed by atoms with E-state index in [0.29, 0.717) is 23.2 Å². The lowest BCUT2D eigenvalue weighted by atomic mass is 9.71. The van der Waals surface area contributed by atoms with Crippen LogP contribution in [0.15, 0.2) is 36.8 Å². The quantitative estimate of drug-likeness (QED) is 0.528. The molecule has 2 aliphatic rings. The zero-order valence-electron chi connectivity index (χ0n) is 19.2. The topological polar surface area (TPSA) is 75.9 Å². The van der Waals surface area contributed by atoms with E-state index in [1.807, 2.05) is 6.20 Å². The number of aryl methyl sites for hydroxylation is 1. The van der Waals surface area contributed by atoms with Gasteiger partial charge in [-0.3, -0.25) is 4.79 Å². The molecule has 1 saturated carbocycles. The van der Waals surface area contributed by atoms with E-state index >= 15 is 4.39 Å². The maximum atomic E-state index is 15.2. The van der Waals surface area contributed by atoms with Gasteiger partial charge in [-0.1, -0.05) is 6.07 Å². The van der Waals surface area contributed by atoms with Crippen LogP contribution in [0.25, 0.3) is 5.65 Å². The highest BCUT2D eigenvalue weighted by molar-refractivity contribution is 6.02. The minimum atomic E-state index is -4.73. The van der Waals surface area contributed by atoms with Crippen molar-refractivity contribution in [2.75, 3.05) is 13.2 Å². The highest BCUT2D eigenvalue weighted by atomic mass is 19.4. The second-order valence-electron chi connectivity index (χ2n) is 9.71. The van der Waals surface area contributed by atoms with Crippen LogP contribution in [0.4, 0.5) is 17.6 Å². The smallest absolute Gasteiger partial charge is 0.385 e. The van der Waals surface area contributed by atoms with E-state index in [-0.39, 0.29) is 30.8 Å². The molecule has 10 heteroatoms. The zero-order valence-corrected chi connectivity index (χ0v) is 19.2. The van der Waals surface area contributed by atoms with Gasteiger partial charge in [0.15, 0.2) is 0 Å². The van der Waals surface area contributed by atoms with E-state index < -0.39 is 34.6 Å². The molecule has 1 saturated heterocycles. The largest absolute Gasteiger partial charge is 0.416 e. The van der Waals surface area contributed by atoms with E-state index in [1.165, 1.54) is 6.92 Å². The highest BCUT2D eigenvalue weighted by Gasteiger charge is 2.53. The Labute approximate surface area is 198 Å². The number of benzene rings is 1. The fourth-order valence-corrected chi connectivity index (χ4v) is 4.98. The number of nitrogens with zero attached hydrogens (tertiary/aromatic N) is 2. The molecule has 3 aromatic rings. The molecule has 2 N–H and O–H groups in total. The molecule has 6 nitrogen and oxygen atoms in total. The molecule has 0 radical (unpaired) electrons. The first-order valence-electron chi connectivity index (χ1n) is 11.4. The maximum Gasteiger partial charge on any atom is 0.416 e. The van der Waals surface area contributed by atoms with Crippen molar-refractivity contribution in [3.63, 3.8) is 0 Å². The summed E-state index contributed by atoms with van der Waals surface area (Å²) in [6.07, 6.45) is 2.85. The zero-order chi connectivity index (χ0) is 25.2. The highest BCUT2D eigenvalue weighted by Crippen LogP contribution is 2.43. The second-order valence-corrected chi connectivity index (χ2v) is 9.71. The first kappa shape index (κ1) is 23.7. The Bertz CT molecular complexity index is 1310. The van der Waals surface area contributed by atoms with Gasteiger partial charge in [-0.15, -0.1) is 0 Å². The Hall–Kier alpha value is -2.98. The summed E-state index contributed by atoms with van der Waals surface area (Å²) in [6.45, 7) is 2.93. The number of carbonyl (C=O) groups excluding carboxylic acids is 1. The Kier molecular flexibility index (Phi) is 5.45. The van der Waals surface area contributed by atoms with Crippen molar-refractivity contribution < 1.29 is 32.2 Å². The molecule has 5 rings (SSSR count). The number of fused-ring (bicyclic) bond motifs is 1. The first-order chi connectivity index (χ1) is 16.4. The van der Waals surface area contributed by atoms with Gasteiger partial charge in [-0.2, -0.15) is 13.2 Å². The Morgan fingerprint density at radius 3 is 2.66 bits per heavy atom. The number of hydrogen-bond acceptors (Lipinski definition) is 4. The molecule has 2 atom stereocenters. The number of alkyl halides is 3. The van der Waals surface area contributed by atoms with Gasteiger partial charge in [0.1, 0.15) is 22.6 Å². The van der Waals surface area contributed by atoms with Gasteiger partial charge in [-0.25, -0.2) is 9.37 Å². The van der Waals surface area contributed by atoms with Crippen LogP contribution in [0.2, 0.25) is 0 Å². The molecule has 0 spiro atoms. The predicted octanol–water partition coefficient (Wildman–Crippen LogP) is 4.47. The van der Waals surface area contributed by atoms with Crippen LogP contribution in [0.3, 0.4) is 0 Å². The number of halogens is 4. The fourth-order valence-electron chi connectivity index (χ4n) is 4.98. The van der Waals surface area contributed by atoms with Crippen molar-refractivity contribution >= 4 is 11.6 Å². The third-order valence-corrected chi connectivity index (χ3v) is 7.10. The van der Waals surface area contributed by atoms with Crippen LogP contribution in [-0.4, -0.2) is 39.2 Å². The predicted molar refractivity (Wildman–Crippen MR) is 119 cm³/mol. The Morgan fingerprint density at radius 2 is 2.03 bits per heavy atom. The van der Waals surface area contributed by atoms with Gasteiger partial charge in [0, 0.05) is 37.2 Å². The third kappa shape index (κ3) is 3.98. The van der Waals surface area contributed by atoms with Gasteiger partial charge < -0.3 is 19.6 Å². The molecule has 1 aliphatic heterocycles. The van der Waals surface area contributed by atoms with Crippen molar-refractivity contribution in [1.29, 1.82) is 0 Å². The number of carbonyl (C=O) groups is 1. The summed E-state index contributed by atoms with van der Waals surface area (Å²) in [6, 6.07) is 2.11. The van der Waals surface area contributed by atoms with Crippen LogP contribution in [0.5, 0.6) is 0 Å². The Balaban J connectivity index is 1.58. The van der Waals surface area contributed by atoms with Crippen LogP contribution in [0.1, 0.15) is 64.7 Å². The van der Waals surface area contributed by atoms with Gasteiger partial charge >= 0.3 is 6.18 Å². The minimum Gasteiger partial charge on any atom is -0.385 e. The minimum absolute atomic E-state index is 0.0435. The van der Waals surface area contributed by atoms with Gasteiger partial charge in [0.2, 0.25) is 0 Å². The Morgan fingerprint density at radius 1 is 1.29 bits per heavy atom. The molecule has 1 amide bonds. The maximum absolute atomic E-state index is 15.2. The van der Waals surface area contributed by atoms with Gasteiger partial charge in [-0.05, 0) is 55.9 Å². The van der Waals surface area contributed by atoms with Crippen molar-refractivity contribution in [1.82, 2.24) is 14.7 Å². The van der Waals surface area contributed by atoms with E-state index in [2.05, 4.69) is 10.3 Å². The van der Waals surface area contributed by atoms with E-state index in [0.717, 1.165) is 30.5 Å². The third-order valence-electron chi connectivity index (χ3n) is 7.10. The summed E-state index contributed by atoms with van der Waals surface area (Å²) in [5, 5.41) is 14.1. The number of aromatic nitrogens is 2. The molecule has 0 unspecified atom stereocenters. The summed E-state index contributed by atoms with van der Waals surface area (Å²) in [5.74, 6) is -1.32. The van der Waals surface area contributed by atoms with Crippen molar-refractivity contribution in [2.24, 2.45) is 0 Å². The van der Waals surface area contributed by atoms with E-state index in [4.69, 9.17) is 4.74 Å². The van der Waals surface area contributed by atoms with Crippen molar-refractivity contribution in [2.45, 2.75) is 56.3 Å². The second kappa shape index (κ2) is 8.03. The number of ether oxygens (including phenoxy) is 1. The lowest BCUT2D eigenvalue weighted by Crippen LogP contribution is -2.65. The normalized spacial score (nSPS) is 25.1. The fraction of sp³-hybridized carbons (Fsp3) is 0.440. The van der Waals surface area contributed by atoms with Crippen LogP contribution in [0, 0.1) is 12.7 Å². The molecule has 3 heterocycles. The lowest BCUT2D eigenvalue weighted by molar-refractivity contribution is -0.140. The molecular formula is C25H25F4N3O3. The molecule has 0 bridgehead atoms. The van der Waals surface area contributed by atoms with Crippen LogP contribution in [-0.2, 0) is 16.5 Å². The molecule has 2 fully saturated rings. The number of aliphatic hydroxyl groups is 1. The van der Waals surface area contributed by atoms with Crippen molar-refractivity contribution in [3.05, 3.63) is 70.4 Å². The summed E-state index contributed by atoms with van der Waals surface area (Å²) in [5.41, 5.74) is -2.58. The number of hydrogen-bond donors (Lipinski definition) is 2. The van der Waals surface area contributed by atoms with Crippen LogP contribution >= 0.6 is 0 Å². The molecule has 35 heavy (non-hydrogen) atoms. The standard InChI is InChI=1S/C25H25F4N3O3/c1-14-11-32-12-16(15-3-4-15)10-30-21(32)20(14)22(33)31-24(7-8-35-13-23(24,2)34)18-6-5-17(9-19(18)26)25(27,28)29/h5-6,9-12,15,34H,3-4,7-8,13H2,1-2H3,(H,31,33)/t23-,24+/m0/s1. The van der Waals surface area contributed by atoms with Gasteiger partial charge in [0.05, 0.1) is 17.7 Å². The first-order valence-corrected chi connectivity index (χ1v) is 11.4. The lowest BCUT2D eigenvalue weighted by Gasteiger charge is -2.49. The molecule has 1 aromatic carbocycles. The number of nitrogens with one attached hydrogen (secondary N) is 1. The van der Waals surface area contributed by atoms with E-state index in [9.17, 15) is 23.1 Å². The summed E-state index contributed by atoms with van der Waals surface area (Å²) < 4.78 is 61.8. The molecule has 1 aliphatic carbocycles. The van der Waals surface area contributed by atoms with Gasteiger partial charge in [0.25, 0.3) is 5.91 Å². The average molecular weight is 491 g/mol. The van der Waals surface area contributed by atoms with Crippen molar-refractivity contribution in [3.8, 4) is 0 Å². The molecular weight excluding hydrogens is 466 g/mol. The monoisotopic (exact) mass is 491 g/mol. The summed E-state index contributed by atoms with van der Waals surface area (Å²) in [7, 11) is 0. The number of amides is 1. The summed E-state index contributed by atoms with van der Waals surface area (Å²) in [4.78, 5) is 18.1. The molecule has 2 aromatic heterocycles. The van der Waals surface area contributed by atoms with Crippen LogP contribution < -0.4 is 5.32 Å². The van der Waals surface area contributed by atoms with E-state index in [1.54, 1.807) is 23.7 Å². The molecule has 186 valence electrons. The SMILES string of the molecule is Cc1cn2cc(C3CC3)cnc2c1C(=O)N[C@@]1(c2ccc(C(F)(F)F)cc2F)CCOC[C@]1(C)O. The number of rotatable bonds is 4. The average Bonchev–Trinajstić information content (AvgIpc) is 3.56. The summed E-state index contributed by atoms with van der Waals surface area (Å²) >= 11 is 0.